The van der Waals surface area contributed by atoms with Crippen LogP contribution in [0.2, 0.25) is 0 Å². The van der Waals surface area contributed by atoms with E-state index in [1.807, 2.05) is 11.8 Å². The summed E-state index contributed by atoms with van der Waals surface area (Å²) in [5.74, 6) is 1.32. The summed E-state index contributed by atoms with van der Waals surface area (Å²) in [5.41, 5.74) is 0. The number of thioether (sulfide) groups is 1. The van der Waals surface area contributed by atoms with E-state index in [4.69, 9.17) is 0 Å². The molecule has 102 valence electrons. The molecule has 2 aliphatic rings. The highest BCUT2D eigenvalue weighted by Gasteiger charge is 2.47. The Morgan fingerprint density at radius 1 is 1.39 bits per heavy atom. The van der Waals surface area contributed by atoms with Gasteiger partial charge in [0, 0.05) is 12.6 Å². The molecule has 2 rings (SSSR count). The second kappa shape index (κ2) is 5.51. The van der Waals surface area contributed by atoms with E-state index in [1.165, 1.54) is 0 Å². The van der Waals surface area contributed by atoms with Gasteiger partial charge in [0.1, 0.15) is 12.1 Å². The fourth-order valence-corrected chi connectivity index (χ4v) is 3.61. The zero-order chi connectivity index (χ0) is 13.3. The summed E-state index contributed by atoms with van der Waals surface area (Å²) in [5, 5.41) is 0. The number of piperazine rings is 1. The molecule has 0 spiro atoms. The lowest BCUT2D eigenvalue weighted by Crippen LogP contribution is -2.63. The number of amides is 2. The molecular weight excluding hydrogens is 248 g/mol. The summed E-state index contributed by atoms with van der Waals surface area (Å²) in [7, 11) is 0. The summed E-state index contributed by atoms with van der Waals surface area (Å²) >= 11 is 1.78. The van der Waals surface area contributed by atoms with E-state index >= 15 is 0 Å². The number of nitrogens with zero attached hydrogens (tertiary/aromatic N) is 2. The van der Waals surface area contributed by atoms with E-state index in [2.05, 4.69) is 13.2 Å². The van der Waals surface area contributed by atoms with Crippen molar-refractivity contribution in [1.29, 1.82) is 0 Å². The van der Waals surface area contributed by atoms with Crippen molar-refractivity contribution in [3.63, 3.8) is 0 Å². The molecule has 0 aromatic carbocycles. The Morgan fingerprint density at radius 2 is 2.11 bits per heavy atom. The van der Waals surface area contributed by atoms with Gasteiger partial charge in [-0.05, 0) is 45.1 Å². The van der Waals surface area contributed by atoms with Crippen LogP contribution in [0.4, 0.5) is 0 Å². The number of hydrogen-bond donors (Lipinski definition) is 0. The van der Waals surface area contributed by atoms with Gasteiger partial charge in [-0.3, -0.25) is 9.59 Å². The van der Waals surface area contributed by atoms with E-state index in [0.29, 0.717) is 0 Å². The third kappa shape index (κ3) is 2.25. The molecule has 2 heterocycles. The van der Waals surface area contributed by atoms with Crippen LogP contribution in [0, 0.1) is 0 Å². The quantitative estimate of drug-likeness (QED) is 0.774. The van der Waals surface area contributed by atoms with Crippen molar-refractivity contribution in [1.82, 2.24) is 9.80 Å². The van der Waals surface area contributed by atoms with Gasteiger partial charge in [-0.2, -0.15) is 11.8 Å². The topological polar surface area (TPSA) is 40.6 Å². The SMILES string of the molecule is CSCCC(C)N1C(=O)C2CCCN2C(=O)C1C. The highest BCUT2D eigenvalue weighted by Crippen LogP contribution is 2.28. The summed E-state index contributed by atoms with van der Waals surface area (Å²) < 4.78 is 0. The van der Waals surface area contributed by atoms with Crippen LogP contribution in [0.15, 0.2) is 0 Å². The Hall–Kier alpha value is -0.710. The Kier molecular flexibility index (Phi) is 4.20. The van der Waals surface area contributed by atoms with Crippen molar-refractivity contribution in [3.8, 4) is 0 Å². The number of fused-ring (bicyclic) bond motifs is 1. The number of carbonyl (C=O) groups is 2. The average Bonchev–Trinajstić information content (AvgIpc) is 2.83. The minimum Gasteiger partial charge on any atom is -0.329 e. The molecule has 3 unspecified atom stereocenters. The van der Waals surface area contributed by atoms with Gasteiger partial charge in [0.2, 0.25) is 11.8 Å². The molecule has 18 heavy (non-hydrogen) atoms. The number of hydrogen-bond acceptors (Lipinski definition) is 3. The fourth-order valence-electron chi connectivity index (χ4n) is 3.04. The monoisotopic (exact) mass is 270 g/mol. The lowest BCUT2D eigenvalue weighted by molar-refractivity contribution is -0.160. The maximum Gasteiger partial charge on any atom is 0.246 e. The molecule has 0 aromatic heterocycles. The minimum atomic E-state index is -0.288. The van der Waals surface area contributed by atoms with Crippen molar-refractivity contribution in [2.75, 3.05) is 18.6 Å². The third-order valence-electron chi connectivity index (χ3n) is 4.06. The second-order valence-corrected chi connectivity index (χ2v) is 6.23. The molecule has 2 saturated heterocycles. The molecule has 0 N–H and O–H groups in total. The van der Waals surface area contributed by atoms with E-state index < -0.39 is 0 Å². The van der Waals surface area contributed by atoms with Gasteiger partial charge in [0.15, 0.2) is 0 Å². The zero-order valence-electron chi connectivity index (χ0n) is 11.4. The van der Waals surface area contributed by atoms with Crippen molar-refractivity contribution in [3.05, 3.63) is 0 Å². The van der Waals surface area contributed by atoms with Gasteiger partial charge in [-0.25, -0.2) is 0 Å². The molecular formula is C13H22N2O2S. The van der Waals surface area contributed by atoms with Gasteiger partial charge in [-0.1, -0.05) is 0 Å². The Labute approximate surface area is 113 Å². The molecule has 0 saturated carbocycles. The molecule has 0 bridgehead atoms. The maximum absolute atomic E-state index is 12.5. The summed E-state index contributed by atoms with van der Waals surface area (Å²) in [6, 6.07) is -0.305. The molecule has 0 radical (unpaired) electrons. The minimum absolute atomic E-state index is 0.133. The van der Waals surface area contributed by atoms with Gasteiger partial charge in [0.25, 0.3) is 0 Å². The Morgan fingerprint density at radius 3 is 2.78 bits per heavy atom. The first-order chi connectivity index (χ1) is 8.57. The van der Waals surface area contributed by atoms with Crippen LogP contribution in [0.25, 0.3) is 0 Å². The van der Waals surface area contributed by atoms with Crippen molar-refractivity contribution < 1.29 is 9.59 Å². The predicted molar refractivity (Wildman–Crippen MR) is 73.5 cm³/mol. The number of carbonyl (C=O) groups excluding carboxylic acids is 2. The third-order valence-corrected chi connectivity index (χ3v) is 4.71. The van der Waals surface area contributed by atoms with E-state index in [9.17, 15) is 9.59 Å². The average molecular weight is 270 g/mol. The highest BCUT2D eigenvalue weighted by molar-refractivity contribution is 7.98. The maximum atomic E-state index is 12.5. The molecule has 4 nitrogen and oxygen atoms in total. The molecule has 2 fully saturated rings. The molecule has 2 aliphatic heterocycles. The molecule has 0 aromatic rings. The number of rotatable bonds is 4. The summed E-state index contributed by atoms with van der Waals surface area (Å²) in [6.45, 7) is 4.68. The first-order valence-corrected chi connectivity index (χ1v) is 8.09. The van der Waals surface area contributed by atoms with Gasteiger partial charge in [-0.15, -0.1) is 0 Å². The van der Waals surface area contributed by atoms with E-state index in [1.54, 1.807) is 16.7 Å². The largest absolute Gasteiger partial charge is 0.329 e. The summed E-state index contributed by atoms with van der Waals surface area (Å²) in [4.78, 5) is 28.4. The van der Waals surface area contributed by atoms with Crippen LogP contribution in [0.1, 0.15) is 33.1 Å². The van der Waals surface area contributed by atoms with Crippen LogP contribution in [0.3, 0.4) is 0 Å². The molecule has 5 heteroatoms. The summed E-state index contributed by atoms with van der Waals surface area (Å²) in [6.07, 6.45) is 4.82. The van der Waals surface area contributed by atoms with Crippen LogP contribution in [-0.4, -0.2) is 58.3 Å². The second-order valence-electron chi connectivity index (χ2n) is 5.24. The highest BCUT2D eigenvalue weighted by atomic mass is 32.2. The van der Waals surface area contributed by atoms with E-state index in [0.717, 1.165) is 31.6 Å². The van der Waals surface area contributed by atoms with Crippen LogP contribution < -0.4 is 0 Å². The Balaban J connectivity index is 2.13. The normalized spacial score (nSPS) is 29.7. The predicted octanol–water partition coefficient (Wildman–Crippen LogP) is 1.35. The zero-order valence-corrected chi connectivity index (χ0v) is 12.2. The van der Waals surface area contributed by atoms with Crippen LogP contribution in [0.5, 0.6) is 0 Å². The Bertz CT molecular complexity index is 348. The molecule has 3 atom stereocenters. The lowest BCUT2D eigenvalue weighted by Gasteiger charge is -2.43. The van der Waals surface area contributed by atoms with Gasteiger partial charge >= 0.3 is 0 Å². The molecule has 0 aliphatic carbocycles. The van der Waals surface area contributed by atoms with Crippen molar-refractivity contribution in [2.45, 2.75) is 51.2 Å². The lowest BCUT2D eigenvalue weighted by atomic mass is 10.0. The van der Waals surface area contributed by atoms with E-state index in [-0.39, 0.29) is 29.9 Å². The van der Waals surface area contributed by atoms with Gasteiger partial charge < -0.3 is 9.80 Å². The fraction of sp³-hybridized carbons (Fsp3) is 0.846. The van der Waals surface area contributed by atoms with Crippen molar-refractivity contribution >= 4 is 23.6 Å². The van der Waals surface area contributed by atoms with Crippen LogP contribution >= 0.6 is 11.8 Å². The van der Waals surface area contributed by atoms with Gasteiger partial charge in [0.05, 0.1) is 0 Å². The standard InChI is InChI=1S/C13H22N2O2S/c1-9(6-8-18-3)15-10(2)12(16)14-7-4-5-11(14)13(15)17/h9-11H,4-8H2,1-3H3. The first kappa shape index (κ1) is 13.7. The van der Waals surface area contributed by atoms with Crippen LogP contribution in [-0.2, 0) is 9.59 Å². The first-order valence-electron chi connectivity index (χ1n) is 6.69. The smallest absolute Gasteiger partial charge is 0.246 e. The molecule has 2 amide bonds. The van der Waals surface area contributed by atoms with Crippen molar-refractivity contribution in [2.24, 2.45) is 0 Å².